The number of nitrogens with zero attached hydrogens (tertiary/aromatic N) is 4. The second-order valence-electron chi connectivity index (χ2n) is 5.50. The van der Waals surface area contributed by atoms with Crippen molar-refractivity contribution in [1.82, 2.24) is 14.9 Å². The lowest BCUT2D eigenvalue weighted by Crippen LogP contribution is -2.30. The number of hydrogen-bond donors (Lipinski definition) is 0. The molecule has 0 aliphatic carbocycles. The molecule has 1 amide bonds. The normalized spacial score (nSPS) is 12.5. The molecule has 0 N–H and O–H groups in total. The van der Waals surface area contributed by atoms with Gasteiger partial charge in [-0.25, -0.2) is 18.4 Å². The van der Waals surface area contributed by atoms with E-state index in [1.165, 1.54) is 13.4 Å². The first-order valence-corrected chi connectivity index (χ1v) is 9.13. The zero-order chi connectivity index (χ0) is 17.9. The van der Waals surface area contributed by atoms with Crippen LogP contribution >= 0.6 is 0 Å². The number of hydrogen-bond acceptors (Lipinski definition) is 5. The molecule has 2 rings (SSSR count). The Morgan fingerprint density at radius 2 is 1.75 bits per heavy atom. The average molecular weight is 348 g/mol. The third-order valence-corrected chi connectivity index (χ3v) is 5.12. The maximum absolute atomic E-state index is 12.6. The fourth-order valence-corrected chi connectivity index (χ4v) is 2.64. The van der Waals surface area contributed by atoms with E-state index in [4.69, 9.17) is 0 Å². The minimum absolute atomic E-state index is 0.172. The van der Waals surface area contributed by atoms with E-state index >= 15 is 0 Å². The highest BCUT2D eigenvalue weighted by molar-refractivity contribution is 7.92. The van der Waals surface area contributed by atoms with Crippen LogP contribution in [0.25, 0.3) is 0 Å². The van der Waals surface area contributed by atoms with Gasteiger partial charge in [0.25, 0.3) is 5.91 Å². The molecule has 7 nitrogen and oxygen atoms in total. The predicted molar refractivity (Wildman–Crippen MR) is 92.2 cm³/mol. The van der Waals surface area contributed by atoms with Crippen LogP contribution in [-0.2, 0) is 10.0 Å². The van der Waals surface area contributed by atoms with Crippen molar-refractivity contribution in [3.63, 3.8) is 0 Å². The molecule has 1 aromatic carbocycles. The van der Waals surface area contributed by atoms with Gasteiger partial charge in [0, 0.05) is 25.9 Å². The van der Waals surface area contributed by atoms with E-state index in [9.17, 15) is 13.2 Å². The van der Waals surface area contributed by atoms with E-state index in [1.807, 2.05) is 6.92 Å². The van der Waals surface area contributed by atoms with Crippen LogP contribution < -0.4 is 4.31 Å². The smallest absolute Gasteiger partial charge is 0.254 e. The molecule has 0 saturated heterocycles. The SMILES string of the molecule is C[C@@H](c1ccncn1)N(C)C(=O)c1ccc(N(C)S(C)(=O)=O)cc1. The summed E-state index contributed by atoms with van der Waals surface area (Å²) in [7, 11) is -0.163. The Bertz CT molecular complexity index is 807. The van der Waals surface area contributed by atoms with Crippen LogP contribution in [0, 0.1) is 0 Å². The van der Waals surface area contributed by atoms with Crippen molar-refractivity contribution in [2.24, 2.45) is 0 Å². The van der Waals surface area contributed by atoms with Gasteiger partial charge in [-0.05, 0) is 37.3 Å². The van der Waals surface area contributed by atoms with Crippen LogP contribution in [0.4, 0.5) is 5.69 Å². The molecule has 1 atom stereocenters. The third-order valence-electron chi connectivity index (χ3n) is 3.91. The number of benzene rings is 1. The zero-order valence-electron chi connectivity index (χ0n) is 14.0. The summed E-state index contributed by atoms with van der Waals surface area (Å²) in [6.07, 6.45) is 4.20. The molecule has 1 heterocycles. The molecule has 128 valence electrons. The highest BCUT2D eigenvalue weighted by atomic mass is 32.2. The summed E-state index contributed by atoms with van der Waals surface area (Å²) in [5, 5.41) is 0. The summed E-state index contributed by atoms with van der Waals surface area (Å²) < 4.78 is 24.2. The molecular weight excluding hydrogens is 328 g/mol. The van der Waals surface area contributed by atoms with Crippen LogP contribution in [0.2, 0.25) is 0 Å². The Balaban J connectivity index is 2.18. The first kappa shape index (κ1) is 17.9. The Labute approximate surface area is 142 Å². The summed E-state index contributed by atoms with van der Waals surface area (Å²) in [6.45, 7) is 1.88. The van der Waals surface area contributed by atoms with Gasteiger partial charge in [0.2, 0.25) is 10.0 Å². The Hall–Kier alpha value is -2.48. The van der Waals surface area contributed by atoms with Crippen LogP contribution in [0.5, 0.6) is 0 Å². The van der Waals surface area contributed by atoms with E-state index < -0.39 is 10.0 Å². The van der Waals surface area contributed by atoms with Gasteiger partial charge in [-0.2, -0.15) is 0 Å². The Morgan fingerprint density at radius 1 is 1.12 bits per heavy atom. The van der Waals surface area contributed by atoms with E-state index in [2.05, 4.69) is 9.97 Å². The van der Waals surface area contributed by atoms with Crippen molar-refractivity contribution in [3.8, 4) is 0 Å². The molecule has 0 aliphatic heterocycles. The Morgan fingerprint density at radius 3 is 2.25 bits per heavy atom. The first-order valence-electron chi connectivity index (χ1n) is 7.29. The van der Waals surface area contributed by atoms with Crippen LogP contribution in [0.15, 0.2) is 42.9 Å². The van der Waals surface area contributed by atoms with Crippen LogP contribution in [0.1, 0.15) is 29.0 Å². The topological polar surface area (TPSA) is 83.5 Å². The fourth-order valence-electron chi connectivity index (χ4n) is 2.13. The molecular formula is C16H20N4O3S. The van der Waals surface area contributed by atoms with Crippen LogP contribution in [-0.4, -0.2) is 49.5 Å². The van der Waals surface area contributed by atoms with Crippen molar-refractivity contribution in [1.29, 1.82) is 0 Å². The van der Waals surface area contributed by atoms with Crippen molar-refractivity contribution in [2.75, 3.05) is 24.7 Å². The lowest BCUT2D eigenvalue weighted by molar-refractivity contribution is 0.0739. The molecule has 2 aromatic rings. The standard InChI is InChI=1S/C16H20N4O3S/c1-12(15-9-10-17-11-18-15)19(2)16(21)13-5-7-14(8-6-13)20(3)24(4,22)23/h5-12H,1-4H3/t12-/m0/s1. The minimum atomic E-state index is -3.33. The van der Waals surface area contributed by atoms with Gasteiger partial charge in [-0.15, -0.1) is 0 Å². The van der Waals surface area contributed by atoms with Crippen molar-refractivity contribution >= 4 is 21.6 Å². The second-order valence-corrected chi connectivity index (χ2v) is 7.52. The number of sulfonamides is 1. The molecule has 0 fully saturated rings. The molecule has 0 saturated carbocycles. The largest absolute Gasteiger partial charge is 0.333 e. The molecule has 0 spiro atoms. The van der Waals surface area contributed by atoms with Crippen LogP contribution in [0.3, 0.4) is 0 Å². The molecule has 8 heteroatoms. The summed E-state index contributed by atoms with van der Waals surface area (Å²) in [6, 6.07) is 8.00. The first-order chi connectivity index (χ1) is 11.2. The maximum atomic E-state index is 12.6. The molecule has 0 unspecified atom stereocenters. The summed E-state index contributed by atoms with van der Waals surface area (Å²) in [5.41, 5.74) is 1.72. The van der Waals surface area contributed by atoms with Gasteiger partial charge in [-0.1, -0.05) is 0 Å². The number of amides is 1. The molecule has 24 heavy (non-hydrogen) atoms. The van der Waals surface area contributed by atoms with Gasteiger partial charge >= 0.3 is 0 Å². The zero-order valence-corrected chi connectivity index (χ0v) is 14.9. The molecule has 0 aliphatic rings. The number of carbonyl (C=O) groups excluding carboxylic acids is 1. The van der Waals surface area contributed by atoms with Gasteiger partial charge in [0.1, 0.15) is 6.33 Å². The lowest BCUT2D eigenvalue weighted by Gasteiger charge is -2.24. The van der Waals surface area contributed by atoms with Gasteiger partial charge in [0.05, 0.1) is 23.7 Å². The van der Waals surface area contributed by atoms with Crippen molar-refractivity contribution in [2.45, 2.75) is 13.0 Å². The average Bonchev–Trinajstić information content (AvgIpc) is 2.59. The highest BCUT2D eigenvalue weighted by Gasteiger charge is 2.20. The van der Waals surface area contributed by atoms with Crippen molar-refractivity contribution < 1.29 is 13.2 Å². The number of anilines is 1. The lowest BCUT2D eigenvalue weighted by atomic mass is 10.1. The monoisotopic (exact) mass is 348 g/mol. The third kappa shape index (κ3) is 3.88. The number of carbonyl (C=O) groups is 1. The molecule has 0 radical (unpaired) electrons. The van der Waals surface area contributed by atoms with E-state index in [1.54, 1.807) is 48.5 Å². The summed E-state index contributed by atoms with van der Waals surface area (Å²) in [4.78, 5) is 22.2. The summed E-state index contributed by atoms with van der Waals surface area (Å²) >= 11 is 0. The van der Waals surface area contributed by atoms with Gasteiger partial charge in [0.15, 0.2) is 0 Å². The van der Waals surface area contributed by atoms with Gasteiger partial charge < -0.3 is 4.90 Å². The summed E-state index contributed by atoms with van der Waals surface area (Å²) in [5.74, 6) is -0.172. The quantitative estimate of drug-likeness (QED) is 0.821. The number of aromatic nitrogens is 2. The number of rotatable bonds is 5. The fraction of sp³-hybridized carbons (Fsp3) is 0.312. The maximum Gasteiger partial charge on any atom is 0.254 e. The highest BCUT2D eigenvalue weighted by Crippen LogP contribution is 2.21. The Kier molecular flexibility index (Phi) is 5.18. The van der Waals surface area contributed by atoms with Crippen molar-refractivity contribution in [3.05, 3.63) is 54.1 Å². The molecule has 0 bridgehead atoms. The minimum Gasteiger partial charge on any atom is -0.333 e. The van der Waals surface area contributed by atoms with E-state index in [0.717, 1.165) is 16.3 Å². The van der Waals surface area contributed by atoms with E-state index in [-0.39, 0.29) is 11.9 Å². The van der Waals surface area contributed by atoms with E-state index in [0.29, 0.717) is 11.3 Å². The van der Waals surface area contributed by atoms with Gasteiger partial charge in [-0.3, -0.25) is 9.10 Å². The molecule has 1 aromatic heterocycles. The second kappa shape index (κ2) is 6.96. The predicted octanol–water partition coefficient (Wildman–Crippen LogP) is 1.71.